The maximum atomic E-state index is 13.4. The number of aryl methyl sites for hydroxylation is 1. The van der Waals surface area contributed by atoms with E-state index < -0.39 is 23.2 Å². The largest absolute Gasteiger partial charge is 0.478 e. The fourth-order valence-electron chi connectivity index (χ4n) is 2.93. The van der Waals surface area contributed by atoms with E-state index >= 15 is 0 Å². The highest BCUT2D eigenvalue weighted by atomic mass is 19.4. The third kappa shape index (κ3) is 5.01. The first-order chi connectivity index (χ1) is 14.3. The van der Waals surface area contributed by atoms with Crippen LogP contribution in [0.25, 0.3) is 0 Å². The Morgan fingerprint density at radius 1 is 1.13 bits per heavy atom. The lowest BCUT2D eigenvalue weighted by Gasteiger charge is -2.15. The van der Waals surface area contributed by atoms with Crippen molar-refractivity contribution in [2.75, 3.05) is 6.61 Å². The molecule has 0 aliphatic heterocycles. The van der Waals surface area contributed by atoms with Gasteiger partial charge in [0.1, 0.15) is 5.69 Å². The summed E-state index contributed by atoms with van der Waals surface area (Å²) < 4.78 is 45.8. The van der Waals surface area contributed by atoms with Crippen molar-refractivity contribution in [2.24, 2.45) is 5.73 Å². The van der Waals surface area contributed by atoms with Gasteiger partial charge in [0.2, 0.25) is 11.7 Å². The van der Waals surface area contributed by atoms with Crippen LogP contribution >= 0.6 is 0 Å². The fourth-order valence-corrected chi connectivity index (χ4v) is 2.93. The molecule has 0 saturated heterocycles. The molecule has 5 nitrogen and oxygen atoms in total. The molecule has 8 heteroatoms. The highest BCUT2D eigenvalue weighted by molar-refractivity contribution is 6.09. The van der Waals surface area contributed by atoms with Crippen molar-refractivity contribution in [1.29, 1.82) is 0 Å². The summed E-state index contributed by atoms with van der Waals surface area (Å²) in [6, 6.07) is 13.9. The first-order valence-corrected chi connectivity index (χ1v) is 9.25. The van der Waals surface area contributed by atoms with Gasteiger partial charge < -0.3 is 10.5 Å². The Morgan fingerprint density at radius 2 is 1.87 bits per heavy atom. The Labute approximate surface area is 174 Å². The van der Waals surface area contributed by atoms with Gasteiger partial charge in [0.25, 0.3) is 0 Å². The van der Waals surface area contributed by atoms with E-state index in [9.17, 15) is 18.0 Å². The molecule has 1 aromatic carbocycles. The third-order valence-electron chi connectivity index (χ3n) is 4.55. The van der Waals surface area contributed by atoms with Crippen LogP contribution in [-0.2, 0) is 6.18 Å². The predicted octanol–water partition coefficient (Wildman–Crippen LogP) is 5.00. The first kappa shape index (κ1) is 21.4. The number of halogens is 3. The molecule has 0 amide bonds. The number of benzene rings is 1. The van der Waals surface area contributed by atoms with Crippen molar-refractivity contribution in [1.82, 2.24) is 9.97 Å². The molecule has 1 unspecified atom stereocenters. The summed E-state index contributed by atoms with van der Waals surface area (Å²) >= 11 is 0. The average molecular weight is 419 g/mol. The summed E-state index contributed by atoms with van der Waals surface area (Å²) in [6.07, 6.45) is -2.85. The minimum Gasteiger partial charge on any atom is -0.478 e. The molecular formula is C22H24F3N3O2. The molecule has 3 aromatic rings. The number of ketones is 1. The summed E-state index contributed by atoms with van der Waals surface area (Å²) in [5.74, 6) is -0.937. The number of rotatable bonds is 7. The van der Waals surface area contributed by atoms with Crippen LogP contribution in [0, 0.1) is 6.92 Å². The van der Waals surface area contributed by atoms with E-state index in [1.807, 2.05) is 30.3 Å². The van der Waals surface area contributed by atoms with Crippen molar-refractivity contribution >= 4 is 5.78 Å². The van der Waals surface area contributed by atoms with Gasteiger partial charge in [-0.05, 0) is 30.7 Å². The third-order valence-corrected chi connectivity index (χ3v) is 4.55. The van der Waals surface area contributed by atoms with E-state index in [1.54, 1.807) is 6.92 Å². The van der Waals surface area contributed by atoms with Crippen molar-refractivity contribution in [3.05, 3.63) is 88.9 Å². The van der Waals surface area contributed by atoms with E-state index in [0.29, 0.717) is 12.1 Å². The number of hydrogen-bond donors (Lipinski definition) is 1. The molecule has 0 fully saturated rings. The number of hydrogen-bond acceptors (Lipinski definition) is 5. The van der Waals surface area contributed by atoms with Gasteiger partial charge in [0.05, 0.1) is 12.2 Å². The number of aromatic nitrogens is 2. The minimum absolute atomic E-state index is 0. The van der Waals surface area contributed by atoms with Gasteiger partial charge in [-0.2, -0.15) is 13.2 Å². The van der Waals surface area contributed by atoms with Crippen LogP contribution in [0.1, 0.15) is 48.2 Å². The number of nitrogens with zero attached hydrogens (tertiary/aromatic N) is 2. The Kier molecular flexibility index (Phi) is 6.47. The average Bonchev–Trinajstić information content (AvgIpc) is 2.73. The Morgan fingerprint density at radius 3 is 2.53 bits per heavy atom. The molecule has 2 N–H and O–H groups in total. The molecule has 0 spiro atoms. The molecule has 0 bridgehead atoms. The van der Waals surface area contributed by atoms with E-state index in [2.05, 4.69) is 9.97 Å². The second kappa shape index (κ2) is 9.04. The first-order valence-electron chi connectivity index (χ1n) is 9.25. The maximum absolute atomic E-state index is 13.4. The normalized spacial score (nSPS) is 12.4. The zero-order valence-electron chi connectivity index (χ0n) is 16.2. The summed E-state index contributed by atoms with van der Waals surface area (Å²) in [5.41, 5.74) is 5.55. The van der Waals surface area contributed by atoms with Gasteiger partial charge in [-0.3, -0.25) is 9.78 Å². The molecule has 160 valence electrons. The summed E-state index contributed by atoms with van der Waals surface area (Å²) in [6.45, 7) is 1.68. The van der Waals surface area contributed by atoms with Crippen LogP contribution < -0.4 is 10.5 Å². The Bertz CT molecular complexity index is 1030. The van der Waals surface area contributed by atoms with Crippen molar-refractivity contribution in [3.63, 3.8) is 0 Å². The molecule has 0 saturated carbocycles. The highest BCUT2D eigenvalue weighted by Crippen LogP contribution is 2.33. The van der Waals surface area contributed by atoms with Crippen LogP contribution in [0.2, 0.25) is 0 Å². The lowest BCUT2D eigenvalue weighted by atomic mass is 10.0. The van der Waals surface area contributed by atoms with Gasteiger partial charge in [0, 0.05) is 38.8 Å². The van der Waals surface area contributed by atoms with Crippen molar-refractivity contribution in [3.8, 4) is 5.88 Å². The zero-order valence-corrected chi connectivity index (χ0v) is 16.2. The number of nitrogens with two attached hydrogens (primary N) is 1. The fraction of sp³-hybridized carbons (Fsp3) is 0.227. The van der Waals surface area contributed by atoms with Crippen LogP contribution in [-0.4, -0.2) is 22.4 Å². The van der Waals surface area contributed by atoms with E-state index in [1.165, 1.54) is 18.3 Å². The number of carbonyl (C=O) groups is 1. The molecular weight excluding hydrogens is 395 g/mol. The van der Waals surface area contributed by atoms with E-state index in [0.717, 1.165) is 17.7 Å². The van der Waals surface area contributed by atoms with Crippen LogP contribution in [0.15, 0.2) is 60.8 Å². The molecule has 0 aliphatic rings. The number of alkyl halides is 3. The van der Waals surface area contributed by atoms with Gasteiger partial charge in [-0.25, -0.2) is 4.98 Å². The van der Waals surface area contributed by atoms with Crippen LogP contribution in [0.3, 0.4) is 0 Å². The lowest BCUT2D eigenvalue weighted by molar-refractivity contribution is -0.138. The van der Waals surface area contributed by atoms with Crippen LogP contribution in [0.4, 0.5) is 13.2 Å². The predicted molar refractivity (Wildman–Crippen MR) is 109 cm³/mol. The van der Waals surface area contributed by atoms with Crippen LogP contribution in [0.5, 0.6) is 5.88 Å². The quantitative estimate of drug-likeness (QED) is 0.546. The highest BCUT2D eigenvalue weighted by Gasteiger charge is 2.37. The summed E-state index contributed by atoms with van der Waals surface area (Å²) in [7, 11) is 0. The molecule has 0 aliphatic carbocycles. The number of ether oxygens (including phenoxy) is 1. The molecule has 2 aromatic heterocycles. The van der Waals surface area contributed by atoms with Crippen molar-refractivity contribution in [2.45, 2.75) is 25.6 Å². The second-order valence-electron chi connectivity index (χ2n) is 6.66. The van der Waals surface area contributed by atoms with Gasteiger partial charge in [-0.1, -0.05) is 30.3 Å². The number of carbonyl (C=O) groups excluding carboxylic acids is 1. The van der Waals surface area contributed by atoms with Gasteiger partial charge >= 0.3 is 6.18 Å². The number of pyridine rings is 2. The zero-order chi connectivity index (χ0) is 21.7. The SMILES string of the molecule is Cc1ncccc1C(=O)c1nc(OCCC(N)c2ccccc2)ccc1C(F)(F)F.[HH].[HH]. The van der Waals surface area contributed by atoms with Gasteiger partial charge in [0.15, 0.2) is 0 Å². The standard InChI is InChI=1S/C22H20F3N3O2.2H2/c1-14-16(8-5-12-27-14)21(29)20-17(22(23,24)25)9-10-19(28-20)30-13-11-18(26)15-6-3-2-4-7-15;;/h2-10,12,18H,11,13,26H2,1H3;2*1H. The molecule has 30 heavy (non-hydrogen) atoms. The molecule has 0 radical (unpaired) electrons. The molecule has 3 rings (SSSR count). The van der Waals surface area contributed by atoms with E-state index in [4.69, 9.17) is 10.5 Å². The maximum Gasteiger partial charge on any atom is 0.418 e. The molecule has 1 atom stereocenters. The summed E-state index contributed by atoms with van der Waals surface area (Å²) in [4.78, 5) is 20.6. The monoisotopic (exact) mass is 419 g/mol. The topological polar surface area (TPSA) is 78.1 Å². The second-order valence-corrected chi connectivity index (χ2v) is 6.66. The molecule has 2 heterocycles. The Hall–Kier alpha value is -3.26. The minimum atomic E-state index is -4.73. The Balaban J connectivity index is 0.00000256. The summed E-state index contributed by atoms with van der Waals surface area (Å²) in [5, 5.41) is 0. The van der Waals surface area contributed by atoms with E-state index in [-0.39, 0.29) is 26.9 Å². The van der Waals surface area contributed by atoms with Crippen molar-refractivity contribution < 1.29 is 25.6 Å². The smallest absolute Gasteiger partial charge is 0.418 e. The lowest BCUT2D eigenvalue weighted by Crippen LogP contribution is -2.18. The van der Waals surface area contributed by atoms with Gasteiger partial charge in [-0.15, -0.1) is 0 Å².